The van der Waals surface area contributed by atoms with E-state index >= 15 is 0 Å². The van der Waals surface area contributed by atoms with Gasteiger partial charge in [0.25, 0.3) is 0 Å². The van der Waals surface area contributed by atoms with Crippen LogP contribution in [-0.2, 0) is 0 Å². The van der Waals surface area contributed by atoms with Crippen molar-refractivity contribution in [1.82, 2.24) is 0 Å². The second-order valence-electron chi connectivity index (χ2n) is 5.25. The zero-order valence-corrected chi connectivity index (χ0v) is 11.9. The van der Waals surface area contributed by atoms with Crippen LogP contribution >= 0.6 is 0 Å². The molecule has 0 spiro atoms. The molecule has 0 aliphatic heterocycles. The van der Waals surface area contributed by atoms with E-state index in [1.54, 1.807) is 54.6 Å². The van der Waals surface area contributed by atoms with E-state index in [0.717, 1.165) is 0 Å². The number of furan rings is 1. The Balaban J connectivity index is 1.83. The summed E-state index contributed by atoms with van der Waals surface area (Å²) in [5.41, 5.74) is 1.23. The summed E-state index contributed by atoms with van der Waals surface area (Å²) in [4.78, 5) is 37.4. The minimum atomic E-state index is -0.373. The van der Waals surface area contributed by atoms with Crippen LogP contribution in [0.4, 0.5) is 0 Å². The fourth-order valence-electron chi connectivity index (χ4n) is 2.72. The van der Waals surface area contributed by atoms with E-state index in [9.17, 15) is 14.4 Å². The van der Waals surface area contributed by atoms with Gasteiger partial charge < -0.3 is 4.42 Å². The summed E-state index contributed by atoms with van der Waals surface area (Å²) < 4.78 is 5.44. The van der Waals surface area contributed by atoms with Crippen molar-refractivity contribution in [2.75, 3.05) is 0 Å². The van der Waals surface area contributed by atoms with Crippen molar-refractivity contribution in [3.63, 3.8) is 0 Å². The van der Waals surface area contributed by atoms with Crippen molar-refractivity contribution < 1.29 is 18.8 Å². The van der Waals surface area contributed by atoms with E-state index < -0.39 is 0 Å². The quantitative estimate of drug-likeness (QED) is 0.533. The summed E-state index contributed by atoms with van der Waals surface area (Å²) in [6.07, 6.45) is 0. The van der Waals surface area contributed by atoms with Gasteiger partial charge in [0.2, 0.25) is 11.6 Å². The Labute approximate surface area is 131 Å². The molecular weight excluding hydrogens is 292 g/mol. The Morgan fingerprint density at radius 2 is 1.35 bits per heavy atom. The lowest BCUT2D eigenvalue weighted by atomic mass is 9.88. The summed E-state index contributed by atoms with van der Waals surface area (Å²) in [6.45, 7) is 0. The third-order valence-corrected chi connectivity index (χ3v) is 3.86. The van der Waals surface area contributed by atoms with E-state index in [2.05, 4.69) is 0 Å². The van der Waals surface area contributed by atoms with Crippen LogP contribution in [0.5, 0.6) is 0 Å². The van der Waals surface area contributed by atoms with Gasteiger partial charge in [-0.2, -0.15) is 0 Å². The number of hydrogen-bond donors (Lipinski definition) is 0. The molecule has 0 unspecified atom stereocenters. The van der Waals surface area contributed by atoms with Gasteiger partial charge in [-0.3, -0.25) is 14.4 Å². The molecule has 1 aliphatic rings. The molecule has 0 N–H and O–H groups in total. The monoisotopic (exact) mass is 302 g/mol. The van der Waals surface area contributed by atoms with Gasteiger partial charge in [0.05, 0.1) is 5.56 Å². The van der Waals surface area contributed by atoms with Gasteiger partial charge in [-0.15, -0.1) is 0 Å². The van der Waals surface area contributed by atoms with Gasteiger partial charge >= 0.3 is 0 Å². The zero-order valence-electron chi connectivity index (χ0n) is 11.9. The smallest absolute Gasteiger partial charge is 0.229 e. The molecular formula is C19H10O4. The van der Waals surface area contributed by atoms with Crippen LogP contribution < -0.4 is 0 Å². The molecule has 4 heteroatoms. The molecule has 4 nitrogen and oxygen atoms in total. The predicted molar refractivity (Wildman–Crippen MR) is 81.9 cm³/mol. The van der Waals surface area contributed by atoms with Crippen molar-refractivity contribution in [2.24, 2.45) is 0 Å². The van der Waals surface area contributed by atoms with Crippen molar-refractivity contribution in [3.05, 3.63) is 94.4 Å². The Morgan fingerprint density at radius 3 is 2.04 bits per heavy atom. The molecule has 1 aliphatic carbocycles. The number of benzene rings is 2. The van der Waals surface area contributed by atoms with E-state index in [1.165, 1.54) is 6.07 Å². The van der Waals surface area contributed by atoms with Crippen molar-refractivity contribution >= 4 is 17.3 Å². The molecule has 0 fully saturated rings. The Bertz CT molecular complexity index is 912. The lowest BCUT2D eigenvalue weighted by Crippen LogP contribution is -2.18. The van der Waals surface area contributed by atoms with Gasteiger partial charge in [0.1, 0.15) is 0 Å². The summed E-state index contributed by atoms with van der Waals surface area (Å²) in [6, 6.07) is 16.5. The number of carbonyl (C=O) groups excluding carboxylic acids is 3. The SMILES string of the molecule is O=C(c1ccccc1)c1cc2c(o1)C(=O)c1ccccc1C2=O. The molecule has 0 bridgehead atoms. The lowest BCUT2D eigenvalue weighted by molar-refractivity contribution is 0.0951. The largest absolute Gasteiger partial charge is 0.448 e. The molecule has 1 aromatic heterocycles. The number of ketones is 3. The highest BCUT2D eigenvalue weighted by Crippen LogP contribution is 2.30. The Kier molecular flexibility index (Phi) is 2.84. The summed E-state index contributed by atoms with van der Waals surface area (Å²) in [5, 5.41) is 0. The van der Waals surface area contributed by atoms with Crippen LogP contribution in [0.15, 0.2) is 65.1 Å². The second-order valence-corrected chi connectivity index (χ2v) is 5.25. The highest BCUT2D eigenvalue weighted by atomic mass is 16.4. The lowest BCUT2D eigenvalue weighted by Gasteiger charge is -2.11. The standard InChI is InChI=1S/C19H10O4/c20-16(11-6-2-1-3-7-11)15-10-14-17(21)12-8-4-5-9-13(12)18(22)19(14)23-15/h1-10H. The molecule has 0 saturated carbocycles. The first-order valence-electron chi connectivity index (χ1n) is 7.09. The molecule has 23 heavy (non-hydrogen) atoms. The van der Waals surface area contributed by atoms with E-state index in [-0.39, 0.29) is 34.4 Å². The minimum absolute atomic E-state index is 0.00398. The van der Waals surface area contributed by atoms with Crippen LogP contribution in [0.3, 0.4) is 0 Å². The first-order chi connectivity index (χ1) is 11.2. The summed E-state index contributed by atoms with van der Waals surface area (Å²) >= 11 is 0. The number of hydrogen-bond acceptors (Lipinski definition) is 4. The maximum atomic E-state index is 12.5. The van der Waals surface area contributed by atoms with Crippen LogP contribution in [0.1, 0.15) is 48.2 Å². The molecule has 0 saturated heterocycles. The van der Waals surface area contributed by atoms with Gasteiger partial charge in [0.15, 0.2) is 17.3 Å². The predicted octanol–water partition coefficient (Wildman–Crippen LogP) is 3.29. The van der Waals surface area contributed by atoms with Crippen molar-refractivity contribution in [2.45, 2.75) is 0 Å². The average Bonchev–Trinajstić information content (AvgIpc) is 3.05. The van der Waals surface area contributed by atoms with Crippen molar-refractivity contribution in [3.8, 4) is 0 Å². The topological polar surface area (TPSA) is 64.3 Å². The van der Waals surface area contributed by atoms with Crippen LogP contribution in [0, 0.1) is 0 Å². The van der Waals surface area contributed by atoms with E-state index in [1.807, 2.05) is 0 Å². The van der Waals surface area contributed by atoms with E-state index in [4.69, 9.17) is 4.42 Å². The van der Waals surface area contributed by atoms with Crippen LogP contribution in [0.25, 0.3) is 0 Å². The van der Waals surface area contributed by atoms with Crippen LogP contribution in [0.2, 0.25) is 0 Å². The molecule has 0 amide bonds. The molecule has 0 atom stereocenters. The fraction of sp³-hybridized carbons (Fsp3) is 0. The molecule has 3 aromatic rings. The Hall–Kier alpha value is -3.27. The number of rotatable bonds is 2. The fourth-order valence-corrected chi connectivity index (χ4v) is 2.72. The van der Waals surface area contributed by atoms with Gasteiger partial charge in [-0.05, 0) is 6.07 Å². The Morgan fingerprint density at radius 1 is 0.739 bits per heavy atom. The first kappa shape index (κ1) is 13.4. The molecule has 0 radical (unpaired) electrons. The normalized spacial score (nSPS) is 12.7. The maximum Gasteiger partial charge on any atom is 0.229 e. The first-order valence-corrected chi connectivity index (χ1v) is 7.09. The van der Waals surface area contributed by atoms with E-state index in [0.29, 0.717) is 16.7 Å². The minimum Gasteiger partial charge on any atom is -0.448 e. The average molecular weight is 302 g/mol. The summed E-state index contributed by atoms with van der Waals surface area (Å²) in [5.74, 6) is -1.10. The summed E-state index contributed by atoms with van der Waals surface area (Å²) in [7, 11) is 0. The maximum absolute atomic E-state index is 12.5. The molecule has 4 rings (SSSR count). The van der Waals surface area contributed by atoms with Crippen LogP contribution in [-0.4, -0.2) is 17.3 Å². The zero-order chi connectivity index (χ0) is 16.0. The van der Waals surface area contributed by atoms with Gasteiger partial charge in [0, 0.05) is 16.7 Å². The van der Waals surface area contributed by atoms with Crippen molar-refractivity contribution in [1.29, 1.82) is 0 Å². The third-order valence-electron chi connectivity index (χ3n) is 3.86. The molecule has 2 aromatic carbocycles. The molecule has 1 heterocycles. The molecule has 110 valence electrons. The second kappa shape index (κ2) is 4.88. The highest BCUT2D eigenvalue weighted by molar-refractivity contribution is 6.28. The van der Waals surface area contributed by atoms with Gasteiger partial charge in [-0.1, -0.05) is 54.6 Å². The highest BCUT2D eigenvalue weighted by Gasteiger charge is 2.34. The van der Waals surface area contributed by atoms with Gasteiger partial charge in [-0.25, -0.2) is 0 Å². The number of fused-ring (bicyclic) bond motifs is 2. The third kappa shape index (κ3) is 1.96. The number of carbonyl (C=O) groups is 3.